The second-order valence-corrected chi connectivity index (χ2v) is 12.4. The lowest BCUT2D eigenvalue weighted by atomic mass is 10.2. The molecule has 3 N–H and O–H groups in total. The van der Waals surface area contributed by atoms with Crippen LogP contribution in [0.1, 0.15) is 27.8 Å². The Morgan fingerprint density at radius 3 is 1.61 bits per heavy atom. The Bertz CT molecular complexity index is 1210. The molecule has 3 aromatic rings. The highest BCUT2D eigenvalue weighted by atomic mass is 79.9. The number of carbonyl (C=O) groups is 1. The number of ether oxygens (including phenoxy) is 2. The van der Waals surface area contributed by atoms with Gasteiger partial charge in [-0.15, -0.1) is 0 Å². The third-order valence-electron chi connectivity index (χ3n) is 4.22. The number of aldehydes is 1. The molecule has 4 rings (SSSR count). The molecule has 0 aromatic heterocycles. The topological polar surface area (TPSA) is 130 Å². The summed E-state index contributed by atoms with van der Waals surface area (Å²) in [5.74, 6) is 0. The number of aliphatic hydroxyl groups is 2. The van der Waals surface area contributed by atoms with Gasteiger partial charge in [-0.05, 0) is 55.5 Å². The Kier molecular flexibility index (Phi) is 16.9. The molecule has 1 saturated heterocycles. The second kappa shape index (κ2) is 18.4. The summed E-state index contributed by atoms with van der Waals surface area (Å²) in [6.07, 6.45) is 0.615. The van der Waals surface area contributed by atoms with E-state index in [1.165, 1.54) is 12.1 Å². The minimum absolute atomic E-state index is 0.0666. The number of halogens is 4. The van der Waals surface area contributed by atoms with E-state index in [2.05, 4.69) is 63.7 Å². The maximum Gasteiger partial charge on any atom is 0.294 e. The highest BCUT2D eigenvalue weighted by molar-refractivity contribution is 9.11. The van der Waals surface area contributed by atoms with Gasteiger partial charge in [-0.3, -0.25) is 9.35 Å². The lowest BCUT2D eigenvalue weighted by Gasteiger charge is -2.09. The average molecular weight is 806 g/mol. The van der Waals surface area contributed by atoms with Crippen molar-refractivity contribution in [1.82, 2.24) is 0 Å². The van der Waals surface area contributed by atoms with Crippen LogP contribution in [-0.4, -0.2) is 55.9 Å². The number of benzene rings is 3. The van der Waals surface area contributed by atoms with Gasteiger partial charge in [0.15, 0.2) is 6.29 Å². The summed E-state index contributed by atoms with van der Waals surface area (Å²) in [5, 5.41) is 15.2. The van der Waals surface area contributed by atoms with E-state index in [9.17, 15) is 13.2 Å². The van der Waals surface area contributed by atoms with Crippen LogP contribution in [0.5, 0.6) is 0 Å². The van der Waals surface area contributed by atoms with Gasteiger partial charge >= 0.3 is 0 Å². The lowest BCUT2D eigenvalue weighted by molar-refractivity contribution is -0.0441. The highest BCUT2D eigenvalue weighted by Crippen LogP contribution is 2.28. The molecule has 0 radical (unpaired) electrons. The molecule has 1 fully saturated rings. The summed E-state index contributed by atoms with van der Waals surface area (Å²) in [6, 6.07) is 17.4. The van der Waals surface area contributed by atoms with Crippen molar-refractivity contribution in [2.45, 2.75) is 18.1 Å². The van der Waals surface area contributed by atoms with Crippen LogP contribution in [0.4, 0.5) is 0 Å². The third-order valence-corrected chi connectivity index (χ3v) is 6.92. The van der Waals surface area contributed by atoms with E-state index in [4.69, 9.17) is 24.2 Å². The number of carbonyl (C=O) groups excluding carboxylic acids is 1. The fourth-order valence-electron chi connectivity index (χ4n) is 2.62. The minimum Gasteiger partial charge on any atom is -0.394 e. The van der Waals surface area contributed by atoms with E-state index in [0.717, 1.165) is 35.3 Å². The molecule has 0 bridgehead atoms. The van der Waals surface area contributed by atoms with Crippen molar-refractivity contribution in [2.24, 2.45) is 0 Å². The Morgan fingerprint density at radius 2 is 1.24 bits per heavy atom. The first-order valence-electron chi connectivity index (χ1n) is 10.8. The zero-order valence-corrected chi connectivity index (χ0v) is 27.2. The van der Waals surface area contributed by atoms with Crippen LogP contribution in [0.25, 0.3) is 0 Å². The van der Waals surface area contributed by atoms with Gasteiger partial charge in [-0.2, -0.15) is 8.42 Å². The SMILES string of the molecule is Brc1cc(Br)cc(C2OCCO2)c1.Cc1ccc(S(=O)(=O)O)cc1.O=Cc1cc(Br)cc(Br)c1.OCCO. The Hall–Kier alpha value is -1.000. The average Bonchev–Trinajstić information content (AvgIpc) is 3.39. The fraction of sp³-hybridized carbons (Fsp3) is 0.240. The molecule has 208 valence electrons. The van der Waals surface area contributed by atoms with Crippen LogP contribution < -0.4 is 0 Å². The number of hydrogen-bond donors (Lipinski definition) is 3. The van der Waals surface area contributed by atoms with Crippen molar-refractivity contribution in [3.63, 3.8) is 0 Å². The molecular weight excluding hydrogens is 780 g/mol. The third kappa shape index (κ3) is 14.4. The maximum atomic E-state index is 10.5. The van der Waals surface area contributed by atoms with Crippen molar-refractivity contribution in [3.8, 4) is 0 Å². The first kappa shape index (κ1) is 35.0. The Balaban J connectivity index is 0.000000268. The van der Waals surface area contributed by atoms with Crippen molar-refractivity contribution in [1.29, 1.82) is 0 Å². The van der Waals surface area contributed by atoms with Crippen molar-refractivity contribution in [2.75, 3.05) is 26.4 Å². The predicted molar refractivity (Wildman–Crippen MR) is 159 cm³/mol. The van der Waals surface area contributed by atoms with E-state index in [0.29, 0.717) is 18.8 Å². The largest absolute Gasteiger partial charge is 0.394 e. The van der Waals surface area contributed by atoms with E-state index in [1.54, 1.807) is 24.3 Å². The molecular formula is C25H26Br4O8S. The van der Waals surface area contributed by atoms with Crippen molar-refractivity contribution >= 4 is 80.1 Å². The normalized spacial score (nSPS) is 12.7. The van der Waals surface area contributed by atoms with Gasteiger partial charge < -0.3 is 19.7 Å². The molecule has 38 heavy (non-hydrogen) atoms. The summed E-state index contributed by atoms with van der Waals surface area (Å²) < 4.78 is 44.2. The van der Waals surface area contributed by atoms with E-state index in [1.807, 2.05) is 31.2 Å². The molecule has 1 heterocycles. The summed E-state index contributed by atoms with van der Waals surface area (Å²) >= 11 is 13.4. The summed E-state index contributed by atoms with van der Waals surface area (Å²) in [6.45, 7) is 2.94. The molecule has 0 aliphatic carbocycles. The van der Waals surface area contributed by atoms with Crippen LogP contribution in [0.15, 0.2) is 83.5 Å². The summed E-state index contributed by atoms with van der Waals surface area (Å²) in [7, 11) is -4.02. The minimum atomic E-state index is -4.02. The van der Waals surface area contributed by atoms with Crippen LogP contribution in [0, 0.1) is 6.92 Å². The van der Waals surface area contributed by atoms with Crippen molar-refractivity contribution in [3.05, 3.63) is 95.2 Å². The van der Waals surface area contributed by atoms with Crippen LogP contribution >= 0.6 is 63.7 Å². The van der Waals surface area contributed by atoms with E-state index < -0.39 is 10.1 Å². The van der Waals surface area contributed by atoms with Gasteiger partial charge in [-0.1, -0.05) is 81.4 Å². The van der Waals surface area contributed by atoms with Gasteiger partial charge in [0, 0.05) is 29.0 Å². The first-order chi connectivity index (χ1) is 17.9. The number of rotatable bonds is 4. The van der Waals surface area contributed by atoms with Gasteiger partial charge in [0.2, 0.25) is 0 Å². The van der Waals surface area contributed by atoms with Gasteiger partial charge in [0.05, 0.1) is 31.3 Å². The zero-order chi connectivity index (χ0) is 28.7. The quantitative estimate of drug-likeness (QED) is 0.202. The maximum absolute atomic E-state index is 10.5. The van der Waals surface area contributed by atoms with Gasteiger partial charge in [0.1, 0.15) is 6.29 Å². The molecule has 0 saturated carbocycles. The van der Waals surface area contributed by atoms with E-state index >= 15 is 0 Å². The van der Waals surface area contributed by atoms with E-state index in [-0.39, 0.29) is 24.4 Å². The number of aliphatic hydroxyl groups excluding tert-OH is 2. The van der Waals surface area contributed by atoms with Crippen LogP contribution in [0.3, 0.4) is 0 Å². The lowest BCUT2D eigenvalue weighted by Crippen LogP contribution is -1.97. The molecule has 0 atom stereocenters. The molecule has 1 aliphatic heterocycles. The standard InChI is InChI=1S/C9H8Br2O2.C7H4Br2O.C7H8O3S.C2H6O2/c10-7-3-6(4-8(11)5-7)9-12-1-2-13-9;8-6-1-5(4-10)2-7(9)3-6;1-6-2-4-7(5-3-6)11(8,9)10;3-1-2-4/h3-5,9H,1-2H2;1-4H;2-5H,1H3,(H,8,9,10);3-4H,1-2H2. The van der Waals surface area contributed by atoms with Crippen molar-refractivity contribution < 1.29 is 37.5 Å². The summed E-state index contributed by atoms with van der Waals surface area (Å²) in [5.41, 5.74) is 2.66. The highest BCUT2D eigenvalue weighted by Gasteiger charge is 2.18. The molecule has 0 unspecified atom stereocenters. The number of hydrogen-bond acceptors (Lipinski definition) is 7. The fourth-order valence-corrected chi connectivity index (χ4v) is 5.75. The second-order valence-electron chi connectivity index (χ2n) is 7.33. The van der Waals surface area contributed by atoms with Crippen LogP contribution in [-0.2, 0) is 19.6 Å². The van der Waals surface area contributed by atoms with Gasteiger partial charge in [-0.25, -0.2) is 0 Å². The molecule has 0 spiro atoms. The molecule has 3 aromatic carbocycles. The summed E-state index contributed by atoms with van der Waals surface area (Å²) in [4.78, 5) is 10.2. The van der Waals surface area contributed by atoms with Crippen LogP contribution in [0.2, 0.25) is 0 Å². The Labute approximate surface area is 255 Å². The molecule has 1 aliphatic rings. The number of aryl methyl sites for hydroxylation is 1. The first-order valence-corrected chi connectivity index (χ1v) is 15.4. The molecule has 8 nitrogen and oxygen atoms in total. The molecule has 13 heteroatoms. The monoisotopic (exact) mass is 802 g/mol. The smallest absolute Gasteiger partial charge is 0.294 e. The Morgan fingerprint density at radius 1 is 0.816 bits per heavy atom. The zero-order valence-electron chi connectivity index (χ0n) is 20.1. The van der Waals surface area contributed by atoms with Gasteiger partial charge in [0.25, 0.3) is 10.1 Å². The predicted octanol–water partition coefficient (Wildman–Crippen LogP) is 6.49. The molecule has 0 amide bonds.